The van der Waals surface area contributed by atoms with Crippen LogP contribution in [0, 0.1) is 12.8 Å². The van der Waals surface area contributed by atoms with Crippen LogP contribution in [0.25, 0.3) is 11.0 Å². The van der Waals surface area contributed by atoms with Gasteiger partial charge < -0.3 is 24.5 Å². The van der Waals surface area contributed by atoms with Crippen molar-refractivity contribution in [2.24, 2.45) is 13.0 Å². The summed E-state index contributed by atoms with van der Waals surface area (Å²) in [5.41, 5.74) is 2.38. The predicted octanol–water partition coefficient (Wildman–Crippen LogP) is 1.13. The number of aromatic nitrogens is 5. The van der Waals surface area contributed by atoms with Crippen LogP contribution in [0.3, 0.4) is 0 Å². The van der Waals surface area contributed by atoms with E-state index in [0.717, 1.165) is 41.6 Å². The van der Waals surface area contributed by atoms with Gasteiger partial charge in [-0.3, -0.25) is 4.79 Å². The Morgan fingerprint density at radius 1 is 1.36 bits per heavy atom. The van der Waals surface area contributed by atoms with Gasteiger partial charge in [0.1, 0.15) is 11.6 Å². The molecule has 1 amide bonds. The summed E-state index contributed by atoms with van der Waals surface area (Å²) >= 11 is 0. The molecule has 1 atom stereocenters. The fourth-order valence-electron chi connectivity index (χ4n) is 3.63. The first kappa shape index (κ1) is 18.4. The van der Waals surface area contributed by atoms with Gasteiger partial charge in [-0.1, -0.05) is 0 Å². The van der Waals surface area contributed by atoms with Gasteiger partial charge in [-0.25, -0.2) is 4.98 Å². The lowest BCUT2D eigenvalue weighted by Gasteiger charge is -2.11. The van der Waals surface area contributed by atoms with Crippen molar-refractivity contribution in [3.05, 3.63) is 35.4 Å². The molecule has 2 N–H and O–H groups in total. The minimum atomic E-state index is -0.0826. The lowest BCUT2D eigenvalue weighted by molar-refractivity contribution is 0.0947. The molecule has 1 aromatic carbocycles. The third kappa shape index (κ3) is 3.45. The number of imidazole rings is 1. The number of anilines is 1. The summed E-state index contributed by atoms with van der Waals surface area (Å²) < 4.78 is 9.15. The molecule has 0 fully saturated rings. The lowest BCUT2D eigenvalue weighted by Crippen LogP contribution is -2.30. The highest BCUT2D eigenvalue weighted by Gasteiger charge is 2.25. The molecule has 3 aromatic rings. The van der Waals surface area contributed by atoms with Crippen LogP contribution in [-0.4, -0.2) is 57.0 Å². The highest BCUT2D eigenvalue weighted by Crippen LogP contribution is 2.21. The Morgan fingerprint density at radius 2 is 2.21 bits per heavy atom. The SMILES string of the molecule is COCCNc1nc2cc(C(=O)NCC3Cc4nnc(C)n4C3)ccc2n1C. The van der Waals surface area contributed by atoms with Crippen LogP contribution in [0.15, 0.2) is 18.2 Å². The molecule has 1 unspecified atom stereocenters. The first-order valence-electron chi connectivity index (χ1n) is 9.43. The Labute approximate surface area is 163 Å². The molecule has 3 heterocycles. The van der Waals surface area contributed by atoms with E-state index < -0.39 is 0 Å². The second kappa shape index (κ2) is 7.59. The van der Waals surface area contributed by atoms with Crippen LogP contribution in [0.2, 0.25) is 0 Å². The summed E-state index contributed by atoms with van der Waals surface area (Å²) in [7, 11) is 3.61. The van der Waals surface area contributed by atoms with Crippen LogP contribution >= 0.6 is 0 Å². The largest absolute Gasteiger partial charge is 0.383 e. The van der Waals surface area contributed by atoms with Gasteiger partial charge in [-0.05, 0) is 25.1 Å². The van der Waals surface area contributed by atoms with Gasteiger partial charge in [0.15, 0.2) is 0 Å². The van der Waals surface area contributed by atoms with Crippen molar-refractivity contribution in [1.29, 1.82) is 0 Å². The highest BCUT2D eigenvalue weighted by atomic mass is 16.5. The summed E-state index contributed by atoms with van der Waals surface area (Å²) in [6.45, 7) is 4.70. The van der Waals surface area contributed by atoms with E-state index in [1.807, 2.05) is 36.7 Å². The number of fused-ring (bicyclic) bond motifs is 2. The van der Waals surface area contributed by atoms with Crippen molar-refractivity contribution >= 4 is 22.9 Å². The number of hydrogen-bond acceptors (Lipinski definition) is 6. The summed E-state index contributed by atoms with van der Waals surface area (Å²) in [5.74, 6) is 2.96. The van der Waals surface area contributed by atoms with E-state index in [0.29, 0.717) is 31.2 Å². The molecule has 0 bridgehead atoms. The minimum Gasteiger partial charge on any atom is -0.383 e. The molecule has 28 heavy (non-hydrogen) atoms. The summed E-state index contributed by atoms with van der Waals surface area (Å²) in [6.07, 6.45) is 0.844. The van der Waals surface area contributed by atoms with Gasteiger partial charge in [-0.15, -0.1) is 10.2 Å². The third-order valence-electron chi connectivity index (χ3n) is 5.21. The molecule has 0 saturated carbocycles. The van der Waals surface area contributed by atoms with Gasteiger partial charge in [0.2, 0.25) is 5.95 Å². The summed E-state index contributed by atoms with van der Waals surface area (Å²) in [4.78, 5) is 17.2. The van der Waals surface area contributed by atoms with Crippen molar-refractivity contribution in [2.75, 3.05) is 32.1 Å². The molecular formula is C19H25N7O2. The van der Waals surface area contributed by atoms with Gasteiger partial charge in [0.05, 0.1) is 17.6 Å². The quantitative estimate of drug-likeness (QED) is 0.594. The first-order valence-corrected chi connectivity index (χ1v) is 9.43. The third-order valence-corrected chi connectivity index (χ3v) is 5.21. The maximum Gasteiger partial charge on any atom is 0.251 e. The molecular weight excluding hydrogens is 358 g/mol. The zero-order chi connectivity index (χ0) is 19.7. The van der Waals surface area contributed by atoms with Gasteiger partial charge in [0, 0.05) is 51.7 Å². The zero-order valence-corrected chi connectivity index (χ0v) is 16.4. The van der Waals surface area contributed by atoms with Crippen molar-refractivity contribution in [1.82, 2.24) is 29.6 Å². The molecule has 0 spiro atoms. The number of nitrogens with one attached hydrogen (secondary N) is 2. The average Bonchev–Trinajstić information content (AvgIpc) is 3.35. The van der Waals surface area contributed by atoms with Crippen molar-refractivity contribution in [3.8, 4) is 0 Å². The number of amides is 1. The van der Waals surface area contributed by atoms with E-state index in [2.05, 4.69) is 30.4 Å². The Morgan fingerprint density at radius 3 is 3.00 bits per heavy atom. The number of methoxy groups -OCH3 is 1. The maximum atomic E-state index is 12.6. The van der Waals surface area contributed by atoms with Gasteiger partial charge in [0.25, 0.3) is 5.91 Å². The number of carbonyl (C=O) groups is 1. The van der Waals surface area contributed by atoms with Crippen molar-refractivity contribution in [3.63, 3.8) is 0 Å². The van der Waals surface area contributed by atoms with Gasteiger partial charge >= 0.3 is 0 Å². The van der Waals surface area contributed by atoms with E-state index in [1.165, 1.54) is 0 Å². The minimum absolute atomic E-state index is 0.0826. The van der Waals surface area contributed by atoms with Gasteiger partial charge in [-0.2, -0.15) is 0 Å². The van der Waals surface area contributed by atoms with E-state index >= 15 is 0 Å². The molecule has 0 aliphatic carbocycles. The Balaban J connectivity index is 1.40. The number of benzene rings is 1. The van der Waals surface area contributed by atoms with E-state index in [-0.39, 0.29) is 5.91 Å². The number of rotatable bonds is 7. The van der Waals surface area contributed by atoms with Crippen LogP contribution in [0.5, 0.6) is 0 Å². The predicted molar refractivity (Wildman–Crippen MR) is 105 cm³/mol. The Kier molecular flexibility index (Phi) is 4.99. The monoisotopic (exact) mass is 383 g/mol. The number of nitrogens with zero attached hydrogens (tertiary/aromatic N) is 5. The molecule has 0 radical (unpaired) electrons. The number of hydrogen-bond donors (Lipinski definition) is 2. The maximum absolute atomic E-state index is 12.6. The fourth-order valence-corrected chi connectivity index (χ4v) is 3.63. The average molecular weight is 383 g/mol. The zero-order valence-electron chi connectivity index (χ0n) is 16.4. The molecule has 0 saturated heterocycles. The van der Waals surface area contributed by atoms with E-state index in [4.69, 9.17) is 4.74 Å². The molecule has 4 rings (SSSR count). The number of carbonyl (C=O) groups excluding carboxylic acids is 1. The lowest BCUT2D eigenvalue weighted by atomic mass is 10.1. The number of ether oxygens (including phenoxy) is 1. The molecule has 9 heteroatoms. The van der Waals surface area contributed by atoms with Crippen LogP contribution in [0.1, 0.15) is 22.0 Å². The standard InChI is InChI=1S/C19H25N7O2/c1-12-23-24-17-8-13(11-26(12)17)10-21-18(27)14-4-5-16-15(9-14)22-19(25(16)2)20-6-7-28-3/h4-5,9,13H,6-8,10-11H2,1-3H3,(H,20,22)(H,21,27). The van der Waals surface area contributed by atoms with E-state index in [9.17, 15) is 4.79 Å². The molecule has 1 aliphatic rings. The molecule has 1 aliphatic heterocycles. The van der Waals surface area contributed by atoms with Crippen LogP contribution in [-0.2, 0) is 24.8 Å². The first-order chi connectivity index (χ1) is 13.6. The molecule has 9 nitrogen and oxygen atoms in total. The molecule has 148 valence electrons. The van der Waals surface area contributed by atoms with Crippen molar-refractivity contribution < 1.29 is 9.53 Å². The number of aryl methyl sites for hydroxylation is 2. The highest BCUT2D eigenvalue weighted by molar-refractivity contribution is 5.97. The normalized spacial score (nSPS) is 15.8. The fraction of sp³-hybridized carbons (Fsp3) is 0.474. The molecule has 2 aromatic heterocycles. The Bertz CT molecular complexity index is 1010. The second-order valence-corrected chi connectivity index (χ2v) is 7.17. The topological polar surface area (TPSA) is 98.9 Å². The van der Waals surface area contributed by atoms with E-state index in [1.54, 1.807) is 7.11 Å². The van der Waals surface area contributed by atoms with Crippen molar-refractivity contribution in [2.45, 2.75) is 19.9 Å². The summed E-state index contributed by atoms with van der Waals surface area (Å²) in [6, 6.07) is 5.60. The Hall–Kier alpha value is -2.94. The second-order valence-electron chi connectivity index (χ2n) is 7.17. The van der Waals surface area contributed by atoms with Crippen LogP contribution < -0.4 is 10.6 Å². The smallest absolute Gasteiger partial charge is 0.251 e. The summed E-state index contributed by atoms with van der Waals surface area (Å²) in [5, 5.41) is 14.5. The van der Waals surface area contributed by atoms with Crippen LogP contribution in [0.4, 0.5) is 5.95 Å².